The van der Waals surface area contributed by atoms with Gasteiger partial charge in [-0.05, 0) is 45.1 Å². The molecule has 15 heavy (non-hydrogen) atoms. The van der Waals surface area contributed by atoms with E-state index in [2.05, 4.69) is 26.1 Å². The lowest BCUT2D eigenvalue weighted by Crippen LogP contribution is -2.35. The van der Waals surface area contributed by atoms with E-state index in [1.807, 2.05) is 0 Å². The van der Waals surface area contributed by atoms with Crippen LogP contribution in [0.2, 0.25) is 0 Å². The van der Waals surface area contributed by atoms with Gasteiger partial charge < -0.3 is 10.1 Å². The highest BCUT2D eigenvalue weighted by Crippen LogP contribution is 2.12. The molecule has 1 heterocycles. The largest absolute Gasteiger partial charge is 0.378 e. The van der Waals surface area contributed by atoms with Gasteiger partial charge in [0.05, 0.1) is 6.10 Å². The second kappa shape index (κ2) is 7.24. The van der Waals surface area contributed by atoms with Crippen LogP contribution in [0.15, 0.2) is 0 Å². The van der Waals surface area contributed by atoms with Crippen molar-refractivity contribution in [2.75, 3.05) is 13.2 Å². The highest BCUT2D eigenvalue weighted by molar-refractivity contribution is 4.71. The number of hydrogen-bond donors (Lipinski definition) is 1. The molecule has 2 unspecified atom stereocenters. The van der Waals surface area contributed by atoms with Gasteiger partial charge in [0.2, 0.25) is 0 Å². The van der Waals surface area contributed by atoms with Gasteiger partial charge in [-0.3, -0.25) is 0 Å². The molecule has 90 valence electrons. The Bertz CT molecular complexity index is 153. The first-order chi connectivity index (χ1) is 7.18. The molecule has 0 aromatic carbocycles. The molecular weight excluding hydrogens is 186 g/mol. The molecule has 0 aliphatic carbocycles. The summed E-state index contributed by atoms with van der Waals surface area (Å²) in [6.07, 6.45) is 6.86. The number of ether oxygens (including phenoxy) is 1. The van der Waals surface area contributed by atoms with Crippen LogP contribution in [-0.4, -0.2) is 25.3 Å². The molecule has 1 N–H and O–H groups in total. The van der Waals surface area contributed by atoms with Crippen LogP contribution in [0, 0.1) is 5.92 Å². The fraction of sp³-hybridized carbons (Fsp3) is 1.00. The van der Waals surface area contributed by atoms with Gasteiger partial charge in [-0.2, -0.15) is 0 Å². The van der Waals surface area contributed by atoms with E-state index in [0.29, 0.717) is 12.1 Å². The zero-order chi connectivity index (χ0) is 11.1. The maximum atomic E-state index is 5.82. The molecule has 0 aromatic heterocycles. The van der Waals surface area contributed by atoms with Crippen molar-refractivity contribution in [3.63, 3.8) is 0 Å². The molecule has 0 radical (unpaired) electrons. The van der Waals surface area contributed by atoms with Gasteiger partial charge in [-0.15, -0.1) is 0 Å². The van der Waals surface area contributed by atoms with Crippen molar-refractivity contribution in [1.29, 1.82) is 0 Å². The molecule has 1 aliphatic heterocycles. The Balaban J connectivity index is 1.99. The molecule has 1 rings (SSSR count). The van der Waals surface area contributed by atoms with Crippen LogP contribution in [0.25, 0.3) is 0 Å². The Morgan fingerprint density at radius 1 is 1.27 bits per heavy atom. The first-order valence-electron chi connectivity index (χ1n) is 6.53. The van der Waals surface area contributed by atoms with Crippen LogP contribution in [0.5, 0.6) is 0 Å². The van der Waals surface area contributed by atoms with E-state index in [1.165, 1.54) is 38.6 Å². The lowest BCUT2D eigenvalue weighted by Gasteiger charge is -2.24. The lowest BCUT2D eigenvalue weighted by molar-refractivity contribution is 0.0447. The van der Waals surface area contributed by atoms with Crippen molar-refractivity contribution in [2.45, 2.75) is 65.0 Å². The van der Waals surface area contributed by atoms with E-state index in [0.717, 1.165) is 12.5 Å². The normalized spacial score (nSPS) is 24.4. The molecule has 2 atom stereocenters. The summed E-state index contributed by atoms with van der Waals surface area (Å²) >= 11 is 0. The van der Waals surface area contributed by atoms with Gasteiger partial charge in [0.25, 0.3) is 0 Å². The topological polar surface area (TPSA) is 21.3 Å². The van der Waals surface area contributed by atoms with E-state index < -0.39 is 0 Å². The quantitative estimate of drug-likeness (QED) is 0.732. The smallest absolute Gasteiger partial charge is 0.0549 e. The summed E-state index contributed by atoms with van der Waals surface area (Å²) in [7, 11) is 0. The Labute approximate surface area is 94.8 Å². The third kappa shape index (κ3) is 6.16. The van der Waals surface area contributed by atoms with Crippen molar-refractivity contribution in [3.05, 3.63) is 0 Å². The summed E-state index contributed by atoms with van der Waals surface area (Å²) in [5.41, 5.74) is 0. The van der Waals surface area contributed by atoms with Gasteiger partial charge in [-0.25, -0.2) is 0 Å². The van der Waals surface area contributed by atoms with Crippen LogP contribution >= 0.6 is 0 Å². The molecule has 2 heteroatoms. The summed E-state index contributed by atoms with van der Waals surface area (Å²) in [5.74, 6) is 0.743. The Morgan fingerprint density at radius 3 is 2.67 bits per heavy atom. The fourth-order valence-corrected chi connectivity index (χ4v) is 2.31. The maximum absolute atomic E-state index is 5.82. The van der Waals surface area contributed by atoms with Crippen molar-refractivity contribution in [1.82, 2.24) is 5.32 Å². The zero-order valence-electron chi connectivity index (χ0n) is 10.6. The van der Waals surface area contributed by atoms with E-state index in [1.54, 1.807) is 0 Å². The maximum Gasteiger partial charge on any atom is 0.0549 e. The van der Waals surface area contributed by atoms with Gasteiger partial charge in [-0.1, -0.05) is 20.3 Å². The summed E-state index contributed by atoms with van der Waals surface area (Å²) in [6, 6.07) is 0.713. The summed E-state index contributed by atoms with van der Waals surface area (Å²) in [6.45, 7) is 8.82. The lowest BCUT2D eigenvalue weighted by atomic mass is 10.0. The first kappa shape index (κ1) is 13.0. The molecule has 0 saturated carbocycles. The molecule has 0 amide bonds. The highest BCUT2D eigenvalue weighted by atomic mass is 16.5. The Hall–Kier alpha value is -0.0800. The van der Waals surface area contributed by atoms with Crippen LogP contribution in [0.4, 0.5) is 0 Å². The average molecular weight is 213 g/mol. The number of nitrogens with one attached hydrogen (secondary N) is 1. The second-order valence-corrected chi connectivity index (χ2v) is 5.25. The first-order valence-corrected chi connectivity index (χ1v) is 6.53. The second-order valence-electron chi connectivity index (χ2n) is 5.25. The summed E-state index contributed by atoms with van der Waals surface area (Å²) in [4.78, 5) is 0. The Morgan fingerprint density at radius 2 is 2.07 bits per heavy atom. The minimum atomic E-state index is 0.425. The molecular formula is C13H27NO. The molecule has 1 saturated heterocycles. The zero-order valence-corrected chi connectivity index (χ0v) is 10.6. The SMILES string of the molecule is CC(C)CC(C)OCCC1CCCCN1. The van der Waals surface area contributed by atoms with Crippen molar-refractivity contribution in [2.24, 2.45) is 5.92 Å². The molecule has 1 aliphatic rings. The van der Waals surface area contributed by atoms with Crippen molar-refractivity contribution >= 4 is 0 Å². The number of hydrogen-bond acceptors (Lipinski definition) is 2. The molecule has 0 aromatic rings. The van der Waals surface area contributed by atoms with Gasteiger partial charge >= 0.3 is 0 Å². The molecule has 1 fully saturated rings. The predicted molar refractivity (Wildman–Crippen MR) is 65.1 cm³/mol. The third-order valence-corrected chi connectivity index (χ3v) is 3.08. The average Bonchev–Trinajstić information content (AvgIpc) is 2.18. The van der Waals surface area contributed by atoms with Crippen LogP contribution in [0.1, 0.15) is 52.9 Å². The van der Waals surface area contributed by atoms with E-state index in [9.17, 15) is 0 Å². The molecule has 0 bridgehead atoms. The van der Waals surface area contributed by atoms with Crippen molar-refractivity contribution < 1.29 is 4.74 Å². The van der Waals surface area contributed by atoms with Gasteiger partial charge in [0.1, 0.15) is 0 Å². The third-order valence-electron chi connectivity index (χ3n) is 3.08. The number of rotatable bonds is 6. The van der Waals surface area contributed by atoms with E-state index >= 15 is 0 Å². The van der Waals surface area contributed by atoms with Gasteiger partial charge in [0.15, 0.2) is 0 Å². The highest BCUT2D eigenvalue weighted by Gasteiger charge is 2.12. The van der Waals surface area contributed by atoms with Crippen LogP contribution < -0.4 is 5.32 Å². The van der Waals surface area contributed by atoms with E-state index in [-0.39, 0.29) is 0 Å². The molecule has 0 spiro atoms. The summed E-state index contributed by atoms with van der Waals surface area (Å²) in [5, 5.41) is 3.55. The summed E-state index contributed by atoms with van der Waals surface area (Å²) < 4.78 is 5.82. The minimum absolute atomic E-state index is 0.425. The van der Waals surface area contributed by atoms with Gasteiger partial charge in [0, 0.05) is 12.6 Å². The van der Waals surface area contributed by atoms with Crippen LogP contribution in [0.3, 0.4) is 0 Å². The predicted octanol–water partition coefficient (Wildman–Crippen LogP) is 2.97. The molecule has 2 nitrogen and oxygen atoms in total. The van der Waals surface area contributed by atoms with E-state index in [4.69, 9.17) is 4.74 Å². The monoisotopic (exact) mass is 213 g/mol. The number of piperidine rings is 1. The fourth-order valence-electron chi connectivity index (χ4n) is 2.31. The minimum Gasteiger partial charge on any atom is -0.378 e. The standard InChI is InChI=1S/C13H27NO/c1-11(2)10-12(3)15-9-7-13-6-4-5-8-14-13/h11-14H,4-10H2,1-3H3. The van der Waals surface area contributed by atoms with Crippen LogP contribution in [-0.2, 0) is 4.74 Å². The Kier molecular flexibility index (Phi) is 6.26. The van der Waals surface area contributed by atoms with Crippen molar-refractivity contribution in [3.8, 4) is 0 Å².